The van der Waals surface area contributed by atoms with Crippen molar-refractivity contribution >= 4 is 0 Å². The van der Waals surface area contributed by atoms with Crippen molar-refractivity contribution < 1.29 is 21.5 Å². The molecule has 0 bridgehead atoms. The van der Waals surface area contributed by atoms with Crippen molar-refractivity contribution in [3.63, 3.8) is 0 Å². The van der Waals surface area contributed by atoms with Gasteiger partial charge in [0.2, 0.25) is 0 Å². The molecule has 13 heavy (non-hydrogen) atoms. The van der Waals surface area contributed by atoms with Gasteiger partial charge in [-0.15, -0.1) is 0 Å². The number of halogens is 1. The molecule has 0 fully saturated rings. The van der Waals surface area contributed by atoms with Crippen LogP contribution in [0.15, 0.2) is 0 Å². The molecular formula is C11H26BrN. The van der Waals surface area contributed by atoms with Crippen LogP contribution in [0.5, 0.6) is 0 Å². The lowest BCUT2D eigenvalue weighted by Crippen LogP contribution is -3.00. The molecule has 0 amide bonds. The highest BCUT2D eigenvalue weighted by Gasteiger charge is 2.43. The summed E-state index contributed by atoms with van der Waals surface area (Å²) in [5, 5.41) is 0. The van der Waals surface area contributed by atoms with Gasteiger partial charge in [-0.05, 0) is 48.5 Å². The van der Waals surface area contributed by atoms with Crippen molar-refractivity contribution in [2.45, 2.75) is 59.5 Å². The second kappa shape index (κ2) is 4.31. The number of rotatable bonds is 1. The molecule has 0 aromatic rings. The quantitative estimate of drug-likeness (QED) is 0.579. The number of quaternary nitrogens is 1. The molecule has 0 unspecified atom stereocenters. The molecular weight excluding hydrogens is 226 g/mol. The van der Waals surface area contributed by atoms with Crippen LogP contribution in [0.25, 0.3) is 0 Å². The average Bonchev–Trinajstić information content (AvgIpc) is 1.81. The molecule has 0 rings (SSSR count). The Morgan fingerprint density at radius 3 is 1.08 bits per heavy atom. The normalized spacial score (nSPS) is 13.8. The van der Waals surface area contributed by atoms with Gasteiger partial charge in [0.05, 0.1) is 24.7 Å². The standard InChI is InChI=1S/C11H26N.BrH/c1-9-12(8,10(2,3)4)11(5,6)7;/h9H2,1-8H3;1H/q+1;/p-1. The summed E-state index contributed by atoms with van der Waals surface area (Å²) < 4.78 is 1.11. The summed E-state index contributed by atoms with van der Waals surface area (Å²) in [5.41, 5.74) is 0.653. The maximum atomic E-state index is 2.35. The number of nitrogens with zero attached hydrogens (tertiary/aromatic N) is 1. The van der Waals surface area contributed by atoms with Crippen LogP contribution in [0.1, 0.15) is 48.5 Å². The van der Waals surface area contributed by atoms with E-state index in [0.29, 0.717) is 11.1 Å². The van der Waals surface area contributed by atoms with Crippen LogP contribution in [0.3, 0.4) is 0 Å². The molecule has 2 heteroatoms. The Balaban J connectivity index is 0. The first-order chi connectivity index (χ1) is 5.06. The second-order valence-electron chi connectivity index (χ2n) is 5.85. The van der Waals surface area contributed by atoms with E-state index in [1.54, 1.807) is 0 Å². The van der Waals surface area contributed by atoms with Crippen molar-refractivity contribution in [1.29, 1.82) is 0 Å². The summed E-state index contributed by atoms with van der Waals surface area (Å²) in [4.78, 5) is 0. The van der Waals surface area contributed by atoms with E-state index in [2.05, 4.69) is 55.5 Å². The average molecular weight is 252 g/mol. The maximum Gasteiger partial charge on any atom is 0.0909 e. The highest BCUT2D eigenvalue weighted by Crippen LogP contribution is 2.32. The van der Waals surface area contributed by atoms with E-state index in [9.17, 15) is 0 Å². The van der Waals surface area contributed by atoms with Gasteiger partial charge >= 0.3 is 0 Å². The number of hydrogen-bond donors (Lipinski definition) is 0. The third kappa shape index (κ3) is 2.95. The summed E-state index contributed by atoms with van der Waals surface area (Å²) in [6.07, 6.45) is 0. The van der Waals surface area contributed by atoms with E-state index in [1.165, 1.54) is 6.54 Å². The van der Waals surface area contributed by atoms with Gasteiger partial charge in [-0.25, -0.2) is 0 Å². The molecule has 0 aliphatic rings. The van der Waals surface area contributed by atoms with Crippen LogP contribution in [-0.4, -0.2) is 29.2 Å². The molecule has 0 aliphatic carbocycles. The molecule has 0 saturated heterocycles. The molecule has 0 radical (unpaired) electrons. The van der Waals surface area contributed by atoms with Gasteiger partial charge in [0.1, 0.15) is 0 Å². The predicted octanol–water partition coefficient (Wildman–Crippen LogP) is 0.0539. The SMILES string of the molecule is CC[N+](C)(C(C)(C)C)C(C)(C)C.[Br-]. The monoisotopic (exact) mass is 251 g/mol. The fourth-order valence-corrected chi connectivity index (χ4v) is 1.95. The van der Waals surface area contributed by atoms with Gasteiger partial charge in [-0.3, -0.25) is 0 Å². The van der Waals surface area contributed by atoms with Crippen molar-refractivity contribution in [2.75, 3.05) is 13.6 Å². The van der Waals surface area contributed by atoms with Crippen molar-refractivity contribution in [2.24, 2.45) is 0 Å². The lowest BCUT2D eigenvalue weighted by atomic mass is 9.92. The molecule has 1 nitrogen and oxygen atoms in total. The highest BCUT2D eigenvalue weighted by atomic mass is 79.9. The first kappa shape index (κ1) is 15.9. The third-order valence-electron chi connectivity index (χ3n) is 3.59. The van der Waals surface area contributed by atoms with E-state index in [-0.39, 0.29) is 17.0 Å². The lowest BCUT2D eigenvalue weighted by molar-refractivity contribution is -0.992. The van der Waals surface area contributed by atoms with Crippen molar-refractivity contribution in [3.05, 3.63) is 0 Å². The molecule has 0 heterocycles. The first-order valence-corrected chi connectivity index (χ1v) is 4.92. The van der Waals surface area contributed by atoms with Gasteiger partial charge in [-0.1, -0.05) is 0 Å². The smallest absolute Gasteiger partial charge is 0.0909 e. The predicted molar refractivity (Wildman–Crippen MR) is 56.2 cm³/mol. The Bertz CT molecular complexity index is 136. The lowest BCUT2D eigenvalue weighted by Gasteiger charge is -2.54. The van der Waals surface area contributed by atoms with Gasteiger partial charge in [0.15, 0.2) is 0 Å². The van der Waals surface area contributed by atoms with Crippen LogP contribution < -0.4 is 17.0 Å². The summed E-state index contributed by atoms with van der Waals surface area (Å²) in [5.74, 6) is 0. The summed E-state index contributed by atoms with van der Waals surface area (Å²) in [6.45, 7) is 17.4. The Morgan fingerprint density at radius 2 is 1.08 bits per heavy atom. The minimum absolute atomic E-state index is 0. The molecule has 0 spiro atoms. The van der Waals surface area contributed by atoms with E-state index in [0.717, 1.165) is 4.48 Å². The molecule has 0 N–H and O–H groups in total. The fraction of sp³-hybridized carbons (Fsp3) is 1.00. The van der Waals surface area contributed by atoms with Gasteiger partial charge in [0, 0.05) is 0 Å². The molecule has 0 atom stereocenters. The molecule has 0 aromatic carbocycles. The topological polar surface area (TPSA) is 0 Å². The molecule has 82 valence electrons. The zero-order valence-corrected chi connectivity index (χ0v) is 12.1. The zero-order valence-electron chi connectivity index (χ0n) is 10.5. The Hall–Kier alpha value is 0.440. The fourth-order valence-electron chi connectivity index (χ4n) is 1.95. The summed E-state index contributed by atoms with van der Waals surface area (Å²) in [7, 11) is 2.35. The maximum absolute atomic E-state index is 2.35. The second-order valence-corrected chi connectivity index (χ2v) is 5.85. The minimum atomic E-state index is 0. The summed E-state index contributed by atoms with van der Waals surface area (Å²) in [6, 6.07) is 0. The van der Waals surface area contributed by atoms with E-state index in [1.807, 2.05) is 0 Å². The van der Waals surface area contributed by atoms with Crippen LogP contribution in [-0.2, 0) is 0 Å². The van der Waals surface area contributed by atoms with E-state index < -0.39 is 0 Å². The number of hydrogen-bond acceptors (Lipinski definition) is 0. The Morgan fingerprint density at radius 1 is 0.846 bits per heavy atom. The van der Waals surface area contributed by atoms with E-state index >= 15 is 0 Å². The zero-order chi connectivity index (χ0) is 10.2. The Kier molecular flexibility index (Phi) is 5.27. The highest BCUT2D eigenvalue weighted by molar-refractivity contribution is 4.71. The molecule has 0 saturated carbocycles. The van der Waals surface area contributed by atoms with Crippen LogP contribution >= 0.6 is 0 Å². The van der Waals surface area contributed by atoms with Crippen molar-refractivity contribution in [3.8, 4) is 0 Å². The van der Waals surface area contributed by atoms with Crippen LogP contribution in [0, 0.1) is 0 Å². The third-order valence-corrected chi connectivity index (χ3v) is 3.59. The summed E-state index contributed by atoms with van der Waals surface area (Å²) >= 11 is 0. The first-order valence-electron chi connectivity index (χ1n) is 4.92. The largest absolute Gasteiger partial charge is 1.00 e. The van der Waals surface area contributed by atoms with Gasteiger partial charge in [-0.2, -0.15) is 0 Å². The van der Waals surface area contributed by atoms with Crippen LogP contribution in [0.2, 0.25) is 0 Å². The molecule has 0 aliphatic heterocycles. The Labute approximate surface area is 94.9 Å². The van der Waals surface area contributed by atoms with Gasteiger partial charge in [0.25, 0.3) is 0 Å². The van der Waals surface area contributed by atoms with Gasteiger partial charge < -0.3 is 21.5 Å². The van der Waals surface area contributed by atoms with E-state index in [4.69, 9.17) is 0 Å². The minimum Gasteiger partial charge on any atom is -1.00 e. The van der Waals surface area contributed by atoms with Crippen LogP contribution in [0.4, 0.5) is 0 Å². The van der Waals surface area contributed by atoms with Crippen molar-refractivity contribution in [1.82, 2.24) is 0 Å². The molecule has 0 aromatic heterocycles.